The second-order valence-corrected chi connectivity index (χ2v) is 7.82. The van der Waals surface area contributed by atoms with E-state index in [1.54, 1.807) is 0 Å². The number of fused-ring (bicyclic) bond motifs is 2. The number of hydrogen-bond acceptors (Lipinski definition) is 1. The molecule has 1 aliphatic carbocycles. The Morgan fingerprint density at radius 2 is 1.33 bits per heavy atom. The van der Waals surface area contributed by atoms with Crippen LogP contribution >= 0.6 is 0 Å². The predicted octanol–water partition coefficient (Wildman–Crippen LogP) is 7.86. The van der Waals surface area contributed by atoms with E-state index in [0.29, 0.717) is 0 Å². The van der Waals surface area contributed by atoms with Gasteiger partial charge in [0.15, 0.2) is 0 Å². The van der Waals surface area contributed by atoms with E-state index in [1.165, 1.54) is 39.0 Å². The summed E-state index contributed by atoms with van der Waals surface area (Å²) in [7, 11) is 0. The van der Waals surface area contributed by atoms with Crippen LogP contribution in [-0.4, -0.2) is 0 Å². The molecule has 0 amide bonds. The van der Waals surface area contributed by atoms with E-state index in [2.05, 4.69) is 97.1 Å². The van der Waals surface area contributed by atoms with E-state index in [9.17, 15) is 0 Å². The first-order valence-electron chi connectivity index (χ1n) is 10.3. The van der Waals surface area contributed by atoms with Crippen LogP contribution in [0.15, 0.2) is 108 Å². The van der Waals surface area contributed by atoms with Crippen LogP contribution in [0.25, 0.3) is 44.9 Å². The lowest BCUT2D eigenvalue weighted by molar-refractivity contribution is 0.598. The van der Waals surface area contributed by atoms with Crippen molar-refractivity contribution in [2.24, 2.45) is 0 Å². The van der Waals surface area contributed by atoms with Crippen molar-refractivity contribution in [3.63, 3.8) is 0 Å². The molecule has 6 rings (SSSR count). The number of para-hydroxylation sites is 1. The second-order valence-electron chi connectivity index (χ2n) is 7.82. The Balaban J connectivity index is 1.38. The molecule has 0 bridgehead atoms. The van der Waals surface area contributed by atoms with Crippen LogP contribution in [-0.2, 0) is 6.42 Å². The quantitative estimate of drug-likeness (QED) is 0.308. The SMILES string of the molecule is C1=C(c2cc3ccccc3o2)Cc2cccc(-c3ccc(-c4ccccc4)cc3)c21. The topological polar surface area (TPSA) is 13.1 Å². The Bertz CT molecular complexity index is 1350. The molecule has 0 saturated carbocycles. The average Bonchev–Trinajstić information content (AvgIpc) is 3.44. The zero-order valence-electron chi connectivity index (χ0n) is 16.5. The molecule has 0 fully saturated rings. The Labute approximate surface area is 175 Å². The number of hydrogen-bond donors (Lipinski definition) is 0. The zero-order chi connectivity index (χ0) is 19.9. The number of allylic oxidation sites excluding steroid dienone is 1. The Kier molecular flexibility index (Phi) is 3.92. The third kappa shape index (κ3) is 2.87. The minimum Gasteiger partial charge on any atom is -0.456 e. The van der Waals surface area contributed by atoms with E-state index < -0.39 is 0 Å². The summed E-state index contributed by atoms with van der Waals surface area (Å²) in [6, 6.07) is 36.4. The van der Waals surface area contributed by atoms with Gasteiger partial charge in [-0.05, 0) is 57.2 Å². The van der Waals surface area contributed by atoms with Crippen molar-refractivity contribution in [1.82, 2.24) is 0 Å². The highest BCUT2D eigenvalue weighted by Crippen LogP contribution is 2.39. The summed E-state index contributed by atoms with van der Waals surface area (Å²) in [5.41, 5.74) is 9.86. The maximum absolute atomic E-state index is 6.13. The highest BCUT2D eigenvalue weighted by atomic mass is 16.3. The van der Waals surface area contributed by atoms with Gasteiger partial charge in [0.05, 0.1) is 0 Å². The summed E-state index contributed by atoms with van der Waals surface area (Å²) in [4.78, 5) is 0. The van der Waals surface area contributed by atoms with Crippen LogP contribution in [0.2, 0.25) is 0 Å². The van der Waals surface area contributed by atoms with Gasteiger partial charge < -0.3 is 4.42 Å². The van der Waals surface area contributed by atoms with Gasteiger partial charge in [-0.25, -0.2) is 0 Å². The van der Waals surface area contributed by atoms with Gasteiger partial charge in [-0.15, -0.1) is 0 Å². The van der Waals surface area contributed by atoms with Crippen molar-refractivity contribution in [2.45, 2.75) is 6.42 Å². The molecule has 4 aromatic carbocycles. The fraction of sp³-hybridized carbons (Fsp3) is 0.0345. The first-order chi connectivity index (χ1) is 14.8. The first-order valence-corrected chi connectivity index (χ1v) is 10.3. The molecule has 0 atom stereocenters. The summed E-state index contributed by atoms with van der Waals surface area (Å²) >= 11 is 0. The summed E-state index contributed by atoms with van der Waals surface area (Å²) in [6.07, 6.45) is 3.21. The number of benzene rings is 4. The lowest BCUT2D eigenvalue weighted by Gasteiger charge is -2.09. The second kappa shape index (κ2) is 6.89. The van der Waals surface area contributed by atoms with Crippen LogP contribution in [0.1, 0.15) is 16.9 Å². The normalized spacial score (nSPS) is 12.7. The smallest absolute Gasteiger partial charge is 0.134 e. The average molecular weight is 384 g/mol. The summed E-state index contributed by atoms with van der Waals surface area (Å²) in [5.74, 6) is 0.970. The van der Waals surface area contributed by atoms with Crippen LogP contribution in [0.5, 0.6) is 0 Å². The fourth-order valence-corrected chi connectivity index (χ4v) is 4.39. The maximum Gasteiger partial charge on any atom is 0.134 e. The Morgan fingerprint density at radius 3 is 2.17 bits per heavy atom. The van der Waals surface area contributed by atoms with Crippen molar-refractivity contribution >= 4 is 22.6 Å². The molecular weight excluding hydrogens is 364 g/mol. The minimum atomic E-state index is 0.908. The molecule has 0 radical (unpaired) electrons. The highest BCUT2D eigenvalue weighted by Gasteiger charge is 2.20. The van der Waals surface area contributed by atoms with Crippen LogP contribution < -0.4 is 0 Å². The van der Waals surface area contributed by atoms with Gasteiger partial charge in [-0.1, -0.05) is 91.0 Å². The summed E-state index contributed by atoms with van der Waals surface area (Å²) in [5, 5.41) is 1.15. The minimum absolute atomic E-state index is 0.908. The molecule has 5 aromatic rings. The van der Waals surface area contributed by atoms with Gasteiger partial charge in [0.25, 0.3) is 0 Å². The van der Waals surface area contributed by atoms with Gasteiger partial charge in [0.1, 0.15) is 11.3 Å². The number of furan rings is 1. The van der Waals surface area contributed by atoms with Gasteiger partial charge in [-0.2, -0.15) is 0 Å². The standard InChI is InChI=1S/C29H20O/c1-2-7-20(8-3-1)21-13-15-22(16-14-21)26-11-6-10-23-17-25(18-27(23)26)29-19-24-9-4-5-12-28(24)30-29/h1-16,18-19H,17H2. The molecule has 0 N–H and O–H groups in total. The fourth-order valence-electron chi connectivity index (χ4n) is 4.39. The van der Waals surface area contributed by atoms with Crippen molar-refractivity contribution < 1.29 is 4.42 Å². The Hall–Kier alpha value is -3.84. The first kappa shape index (κ1) is 17.1. The molecule has 1 aromatic heterocycles. The van der Waals surface area contributed by atoms with Crippen molar-refractivity contribution in [1.29, 1.82) is 0 Å². The Morgan fingerprint density at radius 1 is 0.600 bits per heavy atom. The van der Waals surface area contributed by atoms with Crippen molar-refractivity contribution in [2.75, 3.05) is 0 Å². The van der Waals surface area contributed by atoms with Crippen LogP contribution in [0.3, 0.4) is 0 Å². The molecular formula is C29H20O. The monoisotopic (exact) mass is 384 g/mol. The molecule has 0 aliphatic heterocycles. The molecule has 1 aliphatic rings. The number of rotatable bonds is 3. The van der Waals surface area contributed by atoms with Gasteiger partial charge in [-0.3, -0.25) is 0 Å². The van der Waals surface area contributed by atoms with Gasteiger partial charge in [0.2, 0.25) is 0 Å². The highest BCUT2D eigenvalue weighted by molar-refractivity contribution is 5.95. The maximum atomic E-state index is 6.13. The zero-order valence-corrected chi connectivity index (χ0v) is 16.5. The third-order valence-electron chi connectivity index (χ3n) is 5.94. The van der Waals surface area contributed by atoms with E-state index >= 15 is 0 Å². The van der Waals surface area contributed by atoms with Crippen molar-refractivity contribution in [3.8, 4) is 22.3 Å². The van der Waals surface area contributed by atoms with Crippen molar-refractivity contribution in [3.05, 3.63) is 120 Å². The van der Waals surface area contributed by atoms with E-state index in [4.69, 9.17) is 4.42 Å². The van der Waals surface area contributed by atoms with Gasteiger partial charge in [0, 0.05) is 11.8 Å². The molecule has 1 nitrogen and oxygen atoms in total. The molecule has 0 unspecified atom stereocenters. The van der Waals surface area contributed by atoms with Crippen LogP contribution in [0, 0.1) is 0 Å². The van der Waals surface area contributed by atoms with E-state index in [1.807, 2.05) is 12.1 Å². The molecule has 142 valence electrons. The lowest BCUT2D eigenvalue weighted by atomic mass is 9.95. The van der Waals surface area contributed by atoms with Crippen LogP contribution in [0.4, 0.5) is 0 Å². The van der Waals surface area contributed by atoms with E-state index in [0.717, 1.165) is 23.2 Å². The summed E-state index contributed by atoms with van der Waals surface area (Å²) < 4.78 is 6.13. The molecule has 30 heavy (non-hydrogen) atoms. The molecule has 0 spiro atoms. The van der Waals surface area contributed by atoms with Gasteiger partial charge >= 0.3 is 0 Å². The summed E-state index contributed by atoms with van der Waals surface area (Å²) in [6.45, 7) is 0. The molecule has 0 saturated heterocycles. The molecule has 1 heterocycles. The lowest BCUT2D eigenvalue weighted by Crippen LogP contribution is -1.87. The predicted molar refractivity (Wildman–Crippen MR) is 125 cm³/mol. The largest absolute Gasteiger partial charge is 0.456 e. The van der Waals surface area contributed by atoms with E-state index in [-0.39, 0.29) is 0 Å². The molecule has 1 heteroatoms. The third-order valence-corrected chi connectivity index (χ3v) is 5.94.